The molecule has 2 N–H and O–H groups in total. The maximum Gasteiger partial charge on any atom is 0.300 e. The number of hydrogen-bond donors (Lipinski definition) is 2. The normalized spacial score (nSPS) is 17.0. The summed E-state index contributed by atoms with van der Waals surface area (Å²) in [5.74, 6) is -0.623. The van der Waals surface area contributed by atoms with Crippen molar-refractivity contribution in [3.63, 3.8) is 0 Å². The van der Waals surface area contributed by atoms with Crippen LogP contribution >= 0.6 is 0 Å². The number of anilines is 1. The largest absolute Gasteiger partial charge is 0.508 e. The molecule has 0 bridgehead atoms. The van der Waals surface area contributed by atoms with Crippen molar-refractivity contribution in [3.05, 3.63) is 89.0 Å². The third kappa shape index (κ3) is 4.77. The van der Waals surface area contributed by atoms with Gasteiger partial charge in [-0.15, -0.1) is 0 Å². The lowest BCUT2D eigenvalue weighted by Gasteiger charge is -2.26. The second kappa shape index (κ2) is 10.2. The molecule has 0 aliphatic carbocycles. The molecule has 1 amide bonds. The lowest BCUT2D eigenvalue weighted by Crippen LogP contribution is -2.29. The Morgan fingerprint density at radius 2 is 1.75 bits per heavy atom. The van der Waals surface area contributed by atoms with E-state index >= 15 is 0 Å². The van der Waals surface area contributed by atoms with Crippen molar-refractivity contribution in [1.29, 1.82) is 0 Å². The number of aliphatic hydroxyl groups excluding tert-OH is 1. The molecule has 36 heavy (non-hydrogen) atoms. The van der Waals surface area contributed by atoms with Crippen LogP contribution in [0.1, 0.15) is 36.6 Å². The summed E-state index contributed by atoms with van der Waals surface area (Å²) in [6.45, 7) is 6.49. The first-order chi connectivity index (χ1) is 17.2. The second-order valence-corrected chi connectivity index (χ2v) is 9.17. The summed E-state index contributed by atoms with van der Waals surface area (Å²) in [5, 5.41) is 21.6. The quantitative estimate of drug-likeness (QED) is 0.264. The molecule has 0 aromatic heterocycles. The van der Waals surface area contributed by atoms with Gasteiger partial charge in [-0.2, -0.15) is 0 Å². The molecule has 3 aromatic carbocycles. The molecule has 1 saturated heterocycles. The van der Waals surface area contributed by atoms with E-state index in [-0.39, 0.29) is 17.1 Å². The molecule has 7 nitrogen and oxygen atoms in total. The van der Waals surface area contributed by atoms with Gasteiger partial charge in [-0.05, 0) is 66.9 Å². The minimum Gasteiger partial charge on any atom is -0.508 e. The molecule has 7 heteroatoms. The van der Waals surface area contributed by atoms with E-state index in [1.165, 1.54) is 24.1 Å². The van der Waals surface area contributed by atoms with Crippen LogP contribution in [0, 0.1) is 12.8 Å². The van der Waals surface area contributed by atoms with Gasteiger partial charge in [-0.3, -0.25) is 14.5 Å². The van der Waals surface area contributed by atoms with E-state index in [1.807, 2.05) is 26.8 Å². The highest BCUT2D eigenvalue weighted by atomic mass is 16.5. The van der Waals surface area contributed by atoms with E-state index in [4.69, 9.17) is 9.47 Å². The van der Waals surface area contributed by atoms with Crippen LogP contribution in [-0.2, 0) is 9.59 Å². The average Bonchev–Trinajstić information content (AvgIpc) is 3.13. The third-order valence-electron chi connectivity index (χ3n) is 5.94. The van der Waals surface area contributed by atoms with Gasteiger partial charge in [-0.1, -0.05) is 37.6 Å². The predicted octanol–water partition coefficient (Wildman–Crippen LogP) is 5.37. The number of nitrogens with zero attached hydrogens (tertiary/aromatic N) is 1. The van der Waals surface area contributed by atoms with Crippen molar-refractivity contribution >= 4 is 23.1 Å². The molecule has 1 unspecified atom stereocenters. The lowest BCUT2D eigenvalue weighted by molar-refractivity contribution is -0.132. The zero-order valence-corrected chi connectivity index (χ0v) is 20.7. The highest BCUT2D eigenvalue weighted by Gasteiger charge is 2.47. The van der Waals surface area contributed by atoms with E-state index in [2.05, 4.69) is 0 Å². The van der Waals surface area contributed by atoms with Crippen molar-refractivity contribution in [2.75, 3.05) is 18.6 Å². The fraction of sp³-hybridized carbons (Fsp3) is 0.241. The van der Waals surface area contributed by atoms with Crippen LogP contribution < -0.4 is 14.4 Å². The van der Waals surface area contributed by atoms with Gasteiger partial charge in [0.05, 0.1) is 30.9 Å². The number of carbonyl (C=O) groups is 2. The SMILES string of the molecule is COc1ccc(C)cc1/C(O)=C1\C(=O)C(=O)N(c2ccc(OCC(C)C)cc2)C1c1cccc(O)c1. The number of ketones is 1. The molecular formula is C29H29NO6. The first-order valence-electron chi connectivity index (χ1n) is 11.7. The minimum atomic E-state index is -0.968. The summed E-state index contributed by atoms with van der Waals surface area (Å²) in [6, 6.07) is 17.4. The summed E-state index contributed by atoms with van der Waals surface area (Å²) < 4.78 is 11.2. The van der Waals surface area contributed by atoms with E-state index in [0.29, 0.717) is 40.8 Å². The Morgan fingerprint density at radius 3 is 2.39 bits per heavy atom. The molecule has 1 aliphatic heterocycles. The summed E-state index contributed by atoms with van der Waals surface area (Å²) in [6.07, 6.45) is 0. The number of methoxy groups -OCH3 is 1. The summed E-state index contributed by atoms with van der Waals surface area (Å²) in [5.41, 5.74) is 1.99. The number of phenols is 1. The fourth-order valence-electron chi connectivity index (χ4n) is 4.23. The maximum absolute atomic E-state index is 13.4. The molecule has 186 valence electrons. The van der Waals surface area contributed by atoms with Crippen molar-refractivity contribution in [2.45, 2.75) is 26.8 Å². The minimum absolute atomic E-state index is 0.0244. The highest BCUT2D eigenvalue weighted by Crippen LogP contribution is 2.44. The number of aliphatic hydroxyl groups is 1. The topological polar surface area (TPSA) is 96.3 Å². The first kappa shape index (κ1) is 24.9. The monoisotopic (exact) mass is 487 g/mol. The predicted molar refractivity (Wildman–Crippen MR) is 137 cm³/mol. The zero-order chi connectivity index (χ0) is 26.0. The average molecular weight is 488 g/mol. The molecule has 1 aliphatic rings. The van der Waals surface area contributed by atoms with Crippen LogP contribution in [0.3, 0.4) is 0 Å². The number of aromatic hydroxyl groups is 1. The number of benzene rings is 3. The fourth-order valence-corrected chi connectivity index (χ4v) is 4.23. The Labute approximate surface area is 210 Å². The standard InChI is InChI=1S/C29H29NO6/c1-17(2)16-36-22-11-9-20(10-12-22)30-26(19-6-5-7-21(31)15-19)25(28(33)29(30)34)27(32)23-14-18(3)8-13-24(23)35-4/h5-15,17,26,31-32H,16H2,1-4H3/b27-25+. The number of aryl methyl sites for hydroxylation is 1. The summed E-state index contributed by atoms with van der Waals surface area (Å²) in [7, 11) is 1.47. The van der Waals surface area contributed by atoms with E-state index in [1.54, 1.807) is 48.5 Å². The van der Waals surface area contributed by atoms with Crippen molar-refractivity contribution in [3.8, 4) is 17.2 Å². The van der Waals surface area contributed by atoms with Gasteiger partial charge in [0, 0.05) is 5.69 Å². The van der Waals surface area contributed by atoms with Crippen LogP contribution in [0.25, 0.3) is 5.76 Å². The Morgan fingerprint density at radius 1 is 1.03 bits per heavy atom. The van der Waals surface area contributed by atoms with Crippen LogP contribution in [0.15, 0.2) is 72.3 Å². The van der Waals surface area contributed by atoms with Crippen molar-refractivity contribution in [1.82, 2.24) is 0 Å². The van der Waals surface area contributed by atoms with Crippen molar-refractivity contribution < 1.29 is 29.3 Å². The van der Waals surface area contributed by atoms with E-state index in [9.17, 15) is 19.8 Å². The lowest BCUT2D eigenvalue weighted by atomic mass is 9.94. The number of amides is 1. The molecule has 4 rings (SSSR count). The van der Waals surface area contributed by atoms with Crippen LogP contribution in [0.4, 0.5) is 5.69 Å². The number of Topliss-reactive ketones (excluding diaryl/α,β-unsaturated/α-hetero) is 1. The molecular weight excluding hydrogens is 458 g/mol. The summed E-state index contributed by atoms with van der Waals surface area (Å²) >= 11 is 0. The van der Waals surface area contributed by atoms with Crippen LogP contribution in [-0.4, -0.2) is 35.6 Å². The molecule has 0 saturated carbocycles. The van der Waals surface area contributed by atoms with Crippen LogP contribution in [0.2, 0.25) is 0 Å². The smallest absolute Gasteiger partial charge is 0.300 e. The van der Waals surface area contributed by atoms with Gasteiger partial charge >= 0.3 is 0 Å². The maximum atomic E-state index is 13.4. The van der Waals surface area contributed by atoms with Crippen LogP contribution in [0.5, 0.6) is 17.2 Å². The molecule has 1 heterocycles. The molecule has 1 fully saturated rings. The number of phenolic OH excluding ortho intramolecular Hbond substituents is 1. The second-order valence-electron chi connectivity index (χ2n) is 9.17. The number of hydrogen-bond acceptors (Lipinski definition) is 6. The van der Waals surface area contributed by atoms with Gasteiger partial charge in [0.15, 0.2) is 0 Å². The zero-order valence-electron chi connectivity index (χ0n) is 20.7. The highest BCUT2D eigenvalue weighted by molar-refractivity contribution is 6.51. The first-order valence-corrected chi connectivity index (χ1v) is 11.7. The van der Waals surface area contributed by atoms with Gasteiger partial charge < -0.3 is 19.7 Å². The van der Waals surface area contributed by atoms with Gasteiger partial charge in [0.25, 0.3) is 11.7 Å². The number of carbonyl (C=O) groups excluding carboxylic acids is 2. The third-order valence-corrected chi connectivity index (χ3v) is 5.94. The Bertz CT molecular complexity index is 1330. The van der Waals surface area contributed by atoms with Gasteiger partial charge in [0.2, 0.25) is 0 Å². The summed E-state index contributed by atoms with van der Waals surface area (Å²) in [4.78, 5) is 28.0. The molecule has 3 aromatic rings. The number of rotatable bonds is 7. The molecule has 0 radical (unpaired) electrons. The van der Waals surface area contributed by atoms with E-state index in [0.717, 1.165) is 5.56 Å². The van der Waals surface area contributed by atoms with Gasteiger partial charge in [-0.25, -0.2) is 0 Å². The molecule has 0 spiro atoms. The van der Waals surface area contributed by atoms with E-state index < -0.39 is 17.7 Å². The Balaban J connectivity index is 1.87. The Kier molecular flexibility index (Phi) is 7.01. The van der Waals surface area contributed by atoms with Crippen molar-refractivity contribution in [2.24, 2.45) is 5.92 Å². The number of ether oxygens (including phenoxy) is 2. The van der Waals surface area contributed by atoms with Gasteiger partial charge in [0.1, 0.15) is 23.0 Å². The Hall–Kier alpha value is -4.26. The molecule has 1 atom stereocenters.